The second kappa shape index (κ2) is 7.76. The number of rotatable bonds is 3. The zero-order valence-electron chi connectivity index (χ0n) is 16.6. The third-order valence-corrected chi connectivity index (χ3v) is 5.93. The fourth-order valence-corrected chi connectivity index (χ4v) is 4.16. The Morgan fingerprint density at radius 2 is 1.57 bits per heavy atom. The van der Waals surface area contributed by atoms with Gasteiger partial charge in [0.2, 0.25) is 5.91 Å². The molecule has 2 aromatic rings. The predicted molar refractivity (Wildman–Crippen MR) is 112 cm³/mol. The van der Waals surface area contributed by atoms with Crippen LogP contribution in [0.4, 0.5) is 5.69 Å². The average molecular weight is 377 g/mol. The highest BCUT2D eigenvalue weighted by molar-refractivity contribution is 5.95. The standard InChI is InChI=1S/C23H27N3O2/c1-3-24-12-14-25(15-13-24)23(28)19-6-4-18(5-7-19)20-8-9-22-21(16-20)10-11-26(22)17(2)27/h4-9,16H,3,10-15H2,1-2H3. The fraction of sp³-hybridized carbons (Fsp3) is 0.391. The molecule has 5 nitrogen and oxygen atoms in total. The number of likely N-dealkylation sites (N-methyl/N-ethyl adjacent to an activating group) is 1. The largest absolute Gasteiger partial charge is 0.336 e. The van der Waals surface area contributed by atoms with Crippen LogP contribution in [0.3, 0.4) is 0 Å². The SMILES string of the molecule is CCN1CCN(C(=O)c2ccc(-c3ccc4c(c3)CCN4C(C)=O)cc2)CC1. The van der Waals surface area contributed by atoms with Crippen LogP contribution in [0, 0.1) is 0 Å². The number of carbonyl (C=O) groups is 2. The van der Waals surface area contributed by atoms with Crippen molar-refractivity contribution < 1.29 is 9.59 Å². The third-order valence-electron chi connectivity index (χ3n) is 5.93. The summed E-state index contributed by atoms with van der Waals surface area (Å²) in [6.07, 6.45) is 0.892. The number of hydrogen-bond acceptors (Lipinski definition) is 3. The van der Waals surface area contributed by atoms with Gasteiger partial charge in [-0.25, -0.2) is 0 Å². The summed E-state index contributed by atoms with van der Waals surface area (Å²) in [5, 5.41) is 0. The first-order valence-electron chi connectivity index (χ1n) is 10.1. The van der Waals surface area contributed by atoms with E-state index in [0.717, 1.165) is 68.1 Å². The van der Waals surface area contributed by atoms with Gasteiger partial charge >= 0.3 is 0 Å². The highest BCUT2D eigenvalue weighted by Crippen LogP contribution is 2.32. The lowest BCUT2D eigenvalue weighted by Crippen LogP contribution is -2.48. The van der Waals surface area contributed by atoms with E-state index in [0.29, 0.717) is 0 Å². The lowest BCUT2D eigenvalue weighted by atomic mass is 10.00. The Balaban J connectivity index is 1.48. The summed E-state index contributed by atoms with van der Waals surface area (Å²) in [5.74, 6) is 0.211. The molecule has 0 atom stereocenters. The molecule has 28 heavy (non-hydrogen) atoms. The van der Waals surface area contributed by atoms with Gasteiger partial charge in [-0.1, -0.05) is 25.1 Å². The van der Waals surface area contributed by atoms with Crippen molar-refractivity contribution in [2.24, 2.45) is 0 Å². The smallest absolute Gasteiger partial charge is 0.253 e. The van der Waals surface area contributed by atoms with Crippen molar-refractivity contribution in [1.29, 1.82) is 0 Å². The van der Waals surface area contributed by atoms with Gasteiger partial charge in [0, 0.05) is 50.9 Å². The molecule has 0 saturated carbocycles. The van der Waals surface area contributed by atoms with Crippen LogP contribution in [0.15, 0.2) is 42.5 Å². The topological polar surface area (TPSA) is 43.9 Å². The number of nitrogens with zero attached hydrogens (tertiary/aromatic N) is 3. The maximum absolute atomic E-state index is 12.8. The van der Waals surface area contributed by atoms with Crippen molar-refractivity contribution in [3.8, 4) is 11.1 Å². The van der Waals surface area contributed by atoms with E-state index in [1.165, 1.54) is 5.56 Å². The lowest BCUT2D eigenvalue weighted by Gasteiger charge is -2.34. The Kier molecular flexibility index (Phi) is 5.18. The van der Waals surface area contributed by atoms with E-state index in [-0.39, 0.29) is 11.8 Å². The lowest BCUT2D eigenvalue weighted by molar-refractivity contribution is -0.116. The normalized spacial score (nSPS) is 16.9. The van der Waals surface area contributed by atoms with Gasteiger partial charge < -0.3 is 14.7 Å². The predicted octanol–water partition coefficient (Wildman–Crippen LogP) is 3.04. The molecule has 2 heterocycles. The minimum atomic E-state index is 0.0918. The van der Waals surface area contributed by atoms with Gasteiger partial charge in [-0.15, -0.1) is 0 Å². The summed E-state index contributed by atoms with van der Waals surface area (Å²) >= 11 is 0. The zero-order valence-corrected chi connectivity index (χ0v) is 16.6. The summed E-state index contributed by atoms with van der Waals surface area (Å²) in [4.78, 5) is 30.6. The van der Waals surface area contributed by atoms with Crippen LogP contribution in [-0.4, -0.2) is 60.9 Å². The van der Waals surface area contributed by atoms with Crippen LogP contribution in [0.25, 0.3) is 11.1 Å². The Morgan fingerprint density at radius 1 is 0.893 bits per heavy atom. The van der Waals surface area contributed by atoms with Crippen molar-refractivity contribution in [3.05, 3.63) is 53.6 Å². The van der Waals surface area contributed by atoms with Crippen LogP contribution in [0.1, 0.15) is 29.8 Å². The maximum Gasteiger partial charge on any atom is 0.253 e. The number of benzene rings is 2. The molecular weight excluding hydrogens is 350 g/mol. The molecule has 4 rings (SSSR count). The van der Waals surface area contributed by atoms with Gasteiger partial charge in [0.1, 0.15) is 0 Å². The molecular formula is C23H27N3O2. The maximum atomic E-state index is 12.8. The van der Waals surface area contributed by atoms with Gasteiger partial charge in [0.15, 0.2) is 0 Å². The molecule has 0 aromatic heterocycles. The number of hydrogen-bond donors (Lipinski definition) is 0. The monoisotopic (exact) mass is 377 g/mol. The summed E-state index contributed by atoms with van der Waals surface area (Å²) < 4.78 is 0. The molecule has 0 aliphatic carbocycles. The Labute approximate surface area is 166 Å². The van der Waals surface area contributed by atoms with E-state index in [1.807, 2.05) is 40.1 Å². The highest BCUT2D eigenvalue weighted by atomic mass is 16.2. The van der Waals surface area contributed by atoms with Crippen molar-refractivity contribution in [2.75, 3.05) is 44.2 Å². The van der Waals surface area contributed by atoms with Gasteiger partial charge in [0.05, 0.1) is 0 Å². The van der Waals surface area contributed by atoms with E-state index >= 15 is 0 Å². The quantitative estimate of drug-likeness (QED) is 0.826. The molecule has 146 valence electrons. The first kappa shape index (κ1) is 18.7. The van der Waals surface area contributed by atoms with Crippen LogP contribution < -0.4 is 4.90 Å². The van der Waals surface area contributed by atoms with E-state index in [1.54, 1.807) is 6.92 Å². The van der Waals surface area contributed by atoms with Gasteiger partial charge in [-0.05, 0) is 53.9 Å². The van der Waals surface area contributed by atoms with Crippen molar-refractivity contribution in [2.45, 2.75) is 20.3 Å². The second-order valence-corrected chi connectivity index (χ2v) is 7.57. The Morgan fingerprint density at radius 3 is 2.21 bits per heavy atom. The highest BCUT2D eigenvalue weighted by Gasteiger charge is 2.23. The molecule has 1 saturated heterocycles. The minimum absolute atomic E-state index is 0.0918. The van der Waals surface area contributed by atoms with Crippen LogP contribution >= 0.6 is 0 Å². The molecule has 0 unspecified atom stereocenters. The molecule has 1 fully saturated rings. The molecule has 5 heteroatoms. The summed E-state index contributed by atoms with van der Waals surface area (Å²) in [5.41, 5.74) is 5.20. The zero-order chi connectivity index (χ0) is 19.7. The van der Waals surface area contributed by atoms with E-state index in [9.17, 15) is 9.59 Å². The van der Waals surface area contributed by atoms with E-state index < -0.39 is 0 Å². The van der Waals surface area contributed by atoms with Crippen molar-refractivity contribution in [3.63, 3.8) is 0 Å². The minimum Gasteiger partial charge on any atom is -0.336 e. The van der Waals surface area contributed by atoms with Gasteiger partial charge in [0.25, 0.3) is 5.91 Å². The number of carbonyl (C=O) groups excluding carboxylic acids is 2. The summed E-state index contributed by atoms with van der Waals surface area (Å²) in [7, 11) is 0. The van der Waals surface area contributed by atoms with Crippen LogP contribution in [-0.2, 0) is 11.2 Å². The number of piperazine rings is 1. The first-order valence-corrected chi connectivity index (χ1v) is 10.1. The number of fused-ring (bicyclic) bond motifs is 1. The average Bonchev–Trinajstić information content (AvgIpc) is 3.17. The van der Waals surface area contributed by atoms with Crippen LogP contribution in [0.5, 0.6) is 0 Å². The van der Waals surface area contributed by atoms with E-state index in [2.05, 4.69) is 24.0 Å². The molecule has 2 aromatic carbocycles. The summed E-state index contributed by atoms with van der Waals surface area (Å²) in [6.45, 7) is 9.07. The molecule has 0 radical (unpaired) electrons. The van der Waals surface area contributed by atoms with Crippen molar-refractivity contribution in [1.82, 2.24) is 9.80 Å². The molecule has 0 bridgehead atoms. The number of amides is 2. The molecule has 2 amide bonds. The fourth-order valence-electron chi connectivity index (χ4n) is 4.16. The van der Waals surface area contributed by atoms with Gasteiger partial charge in [-0.3, -0.25) is 9.59 Å². The van der Waals surface area contributed by atoms with E-state index in [4.69, 9.17) is 0 Å². The molecule has 0 spiro atoms. The Hall–Kier alpha value is -2.66. The molecule has 0 N–H and O–H groups in total. The second-order valence-electron chi connectivity index (χ2n) is 7.57. The number of anilines is 1. The van der Waals surface area contributed by atoms with Gasteiger partial charge in [-0.2, -0.15) is 0 Å². The van der Waals surface area contributed by atoms with Crippen molar-refractivity contribution >= 4 is 17.5 Å². The third kappa shape index (κ3) is 3.54. The Bertz CT molecular complexity index is 883. The van der Waals surface area contributed by atoms with Crippen LogP contribution in [0.2, 0.25) is 0 Å². The summed E-state index contributed by atoms with van der Waals surface area (Å²) in [6, 6.07) is 14.2. The molecule has 2 aliphatic heterocycles. The first-order chi connectivity index (χ1) is 13.6. The molecule has 2 aliphatic rings.